The number of rotatable bonds is 3. The summed E-state index contributed by atoms with van der Waals surface area (Å²) in [6.07, 6.45) is 5.38. The third-order valence-electron chi connectivity index (χ3n) is 8.96. The molecule has 9 nitrogen and oxygen atoms in total. The number of carbonyl (C=O) groups is 3. The van der Waals surface area contributed by atoms with Gasteiger partial charge in [-0.2, -0.15) is 5.10 Å². The first kappa shape index (κ1) is 28.1. The molecule has 1 N–H and O–H groups in total. The molecule has 2 aromatic carbocycles. The van der Waals surface area contributed by atoms with Crippen molar-refractivity contribution in [1.29, 1.82) is 0 Å². The van der Waals surface area contributed by atoms with Crippen molar-refractivity contribution >= 4 is 17.7 Å². The van der Waals surface area contributed by atoms with Crippen LogP contribution in [-0.4, -0.2) is 68.0 Å². The zero-order chi connectivity index (χ0) is 29.1. The minimum Gasteiger partial charge on any atom is -0.344 e. The summed E-state index contributed by atoms with van der Waals surface area (Å²) in [6.45, 7) is 3.87. The van der Waals surface area contributed by atoms with Crippen LogP contribution in [0.15, 0.2) is 54.6 Å². The molecule has 2 aliphatic heterocycles. The molecular weight excluding hydrogens is 528 g/mol. The van der Waals surface area contributed by atoms with Crippen LogP contribution >= 0.6 is 0 Å². The molecule has 0 radical (unpaired) electrons. The molecule has 1 aliphatic carbocycles. The van der Waals surface area contributed by atoms with Crippen molar-refractivity contribution in [2.45, 2.75) is 76.9 Å². The zero-order valence-corrected chi connectivity index (χ0v) is 24.4. The Kier molecular flexibility index (Phi) is 8.35. The molecule has 0 bridgehead atoms. The second-order valence-electron chi connectivity index (χ2n) is 11.9. The van der Waals surface area contributed by atoms with Gasteiger partial charge in [0.2, 0.25) is 17.7 Å². The minimum atomic E-state index is -0.500. The summed E-state index contributed by atoms with van der Waals surface area (Å²) in [5.74, 6) is 1.20. The summed E-state index contributed by atoms with van der Waals surface area (Å²) in [5, 5.41) is 7.97. The van der Waals surface area contributed by atoms with Crippen LogP contribution in [0.1, 0.15) is 66.5 Å². The molecule has 0 unspecified atom stereocenters. The first-order valence-electron chi connectivity index (χ1n) is 15.4. The third-order valence-corrected chi connectivity index (χ3v) is 8.96. The Morgan fingerprint density at radius 1 is 0.905 bits per heavy atom. The number of piperidine rings is 1. The summed E-state index contributed by atoms with van der Waals surface area (Å²) in [6, 6.07) is 17.4. The van der Waals surface area contributed by atoms with Gasteiger partial charge in [0.15, 0.2) is 0 Å². The van der Waals surface area contributed by atoms with Crippen molar-refractivity contribution in [3.05, 3.63) is 82.9 Å². The molecule has 1 aromatic heterocycles. The third kappa shape index (κ3) is 6.10. The molecule has 3 amide bonds. The monoisotopic (exact) mass is 568 g/mol. The lowest BCUT2D eigenvalue weighted by Crippen LogP contribution is -2.53. The molecule has 3 aromatic rings. The van der Waals surface area contributed by atoms with Crippen LogP contribution in [0.4, 0.5) is 0 Å². The van der Waals surface area contributed by atoms with Gasteiger partial charge in [-0.15, -0.1) is 0 Å². The van der Waals surface area contributed by atoms with Crippen LogP contribution in [0.5, 0.6) is 0 Å². The van der Waals surface area contributed by atoms with Gasteiger partial charge < -0.3 is 15.1 Å². The van der Waals surface area contributed by atoms with Crippen LogP contribution in [0.25, 0.3) is 0 Å². The highest BCUT2D eigenvalue weighted by atomic mass is 16.2. The van der Waals surface area contributed by atoms with E-state index >= 15 is 0 Å². The van der Waals surface area contributed by atoms with Crippen molar-refractivity contribution < 1.29 is 14.4 Å². The fourth-order valence-corrected chi connectivity index (χ4v) is 6.83. The van der Waals surface area contributed by atoms with E-state index in [-0.39, 0.29) is 23.6 Å². The van der Waals surface area contributed by atoms with Crippen molar-refractivity contribution in [1.82, 2.24) is 29.9 Å². The lowest BCUT2D eigenvalue weighted by molar-refractivity contribution is -0.143. The largest absolute Gasteiger partial charge is 0.344 e. The van der Waals surface area contributed by atoms with Crippen molar-refractivity contribution in [3.63, 3.8) is 0 Å². The van der Waals surface area contributed by atoms with E-state index < -0.39 is 12.1 Å². The van der Waals surface area contributed by atoms with Gasteiger partial charge in [-0.25, -0.2) is 9.67 Å². The van der Waals surface area contributed by atoms with E-state index in [1.165, 1.54) is 11.1 Å². The first-order chi connectivity index (χ1) is 20.5. The van der Waals surface area contributed by atoms with Crippen molar-refractivity contribution in [2.75, 3.05) is 19.6 Å². The summed E-state index contributed by atoms with van der Waals surface area (Å²) in [4.78, 5) is 49.6. The molecule has 3 heterocycles. The Bertz CT molecular complexity index is 1410. The Balaban J connectivity index is 1.30. The highest BCUT2D eigenvalue weighted by molar-refractivity contribution is 5.88. The number of benzene rings is 2. The summed E-state index contributed by atoms with van der Waals surface area (Å²) in [7, 11) is 0. The number of nitrogens with zero attached hydrogens (tertiary/aromatic N) is 5. The Morgan fingerprint density at radius 2 is 1.64 bits per heavy atom. The second-order valence-corrected chi connectivity index (χ2v) is 11.9. The van der Waals surface area contributed by atoms with Gasteiger partial charge >= 0.3 is 0 Å². The Hall–Kier alpha value is -4.01. The van der Waals surface area contributed by atoms with Crippen LogP contribution < -0.4 is 5.32 Å². The second kappa shape index (κ2) is 12.5. The molecule has 3 aliphatic rings. The fourth-order valence-electron chi connectivity index (χ4n) is 6.83. The van der Waals surface area contributed by atoms with Gasteiger partial charge in [0.25, 0.3) is 0 Å². The average Bonchev–Trinajstić information content (AvgIpc) is 3.61. The number of fused-ring (bicyclic) bond motifs is 3. The van der Waals surface area contributed by atoms with Crippen LogP contribution in [-0.2, 0) is 40.2 Å². The highest BCUT2D eigenvalue weighted by Crippen LogP contribution is 2.29. The highest BCUT2D eigenvalue weighted by Gasteiger charge is 2.35. The predicted molar refractivity (Wildman–Crippen MR) is 158 cm³/mol. The molecule has 220 valence electrons. The molecule has 2 atom stereocenters. The van der Waals surface area contributed by atoms with Crippen LogP contribution in [0.2, 0.25) is 0 Å². The molecular formula is C33H40N6O3. The Labute approximate surface area is 247 Å². The SMILES string of the molecule is Cc1nc2n(n1)CCN(C(=O)C1Cc3ccccc3C1)CCCC(=O)N1CCCC[C@H]1C(=O)N[C@@H]2Cc1ccccc1. The molecule has 42 heavy (non-hydrogen) atoms. The van der Waals surface area contributed by atoms with Gasteiger partial charge in [0, 0.05) is 32.0 Å². The average molecular weight is 569 g/mol. The number of aromatic nitrogens is 3. The topological polar surface area (TPSA) is 100 Å². The standard InChI is InChI=1S/C33H40N6O3/c1-23-34-31-28(20-24-10-3-2-4-11-24)35-32(41)29-14-7-8-17-38(29)30(40)15-9-16-37(18-19-39(31)36-23)33(42)27-21-25-12-5-6-13-26(25)22-27/h2-6,10-13,27-29H,7-9,14-22H2,1H3,(H,35,41)/t28-,29+/m1/s1. The Morgan fingerprint density at radius 3 is 2.40 bits per heavy atom. The van der Waals surface area contributed by atoms with Gasteiger partial charge in [-0.1, -0.05) is 54.6 Å². The maximum Gasteiger partial charge on any atom is 0.243 e. The van der Waals surface area contributed by atoms with Crippen molar-refractivity contribution in [2.24, 2.45) is 5.92 Å². The van der Waals surface area contributed by atoms with Crippen LogP contribution in [0.3, 0.4) is 0 Å². The van der Waals surface area contributed by atoms with Crippen LogP contribution in [0, 0.1) is 12.8 Å². The van der Waals surface area contributed by atoms with Crippen molar-refractivity contribution in [3.8, 4) is 0 Å². The normalized spacial score (nSPS) is 22.1. The first-order valence-corrected chi connectivity index (χ1v) is 15.4. The number of amides is 3. The van der Waals surface area contributed by atoms with E-state index in [2.05, 4.69) is 17.4 Å². The summed E-state index contributed by atoms with van der Waals surface area (Å²) in [5.41, 5.74) is 3.57. The van der Waals surface area contributed by atoms with E-state index in [0.29, 0.717) is 63.5 Å². The molecule has 1 saturated heterocycles. The lowest BCUT2D eigenvalue weighted by atomic mass is 9.99. The van der Waals surface area contributed by atoms with E-state index in [4.69, 9.17) is 10.1 Å². The zero-order valence-electron chi connectivity index (χ0n) is 24.4. The summed E-state index contributed by atoms with van der Waals surface area (Å²) < 4.78 is 1.86. The van der Waals surface area contributed by atoms with E-state index in [0.717, 1.165) is 31.2 Å². The van der Waals surface area contributed by atoms with E-state index in [1.807, 2.05) is 59.0 Å². The van der Waals surface area contributed by atoms with Gasteiger partial charge in [0.1, 0.15) is 17.7 Å². The maximum absolute atomic E-state index is 13.9. The van der Waals surface area contributed by atoms with Gasteiger partial charge in [-0.3, -0.25) is 14.4 Å². The molecule has 1 fully saturated rings. The number of nitrogens with one attached hydrogen (secondary N) is 1. The molecule has 0 spiro atoms. The lowest BCUT2D eigenvalue weighted by Gasteiger charge is -2.36. The number of carbonyl (C=O) groups excluding carboxylic acids is 3. The van der Waals surface area contributed by atoms with E-state index in [1.54, 1.807) is 4.90 Å². The minimum absolute atomic E-state index is 0.00815. The van der Waals surface area contributed by atoms with E-state index in [9.17, 15) is 14.4 Å². The number of hydrogen-bond donors (Lipinski definition) is 1. The fraction of sp³-hybridized carbons (Fsp3) is 0.485. The quantitative estimate of drug-likeness (QED) is 0.522. The number of hydrogen-bond acceptors (Lipinski definition) is 5. The number of aryl methyl sites for hydroxylation is 1. The summed E-state index contributed by atoms with van der Waals surface area (Å²) >= 11 is 0. The molecule has 9 heteroatoms. The van der Waals surface area contributed by atoms with Gasteiger partial charge in [-0.05, 0) is 68.6 Å². The predicted octanol–water partition coefficient (Wildman–Crippen LogP) is 3.41. The smallest absolute Gasteiger partial charge is 0.243 e. The molecule has 6 rings (SSSR count). The van der Waals surface area contributed by atoms with Gasteiger partial charge in [0.05, 0.1) is 12.6 Å². The molecule has 0 saturated carbocycles. The maximum atomic E-state index is 13.9.